The van der Waals surface area contributed by atoms with Crippen LogP contribution in [0.5, 0.6) is 0 Å². The van der Waals surface area contributed by atoms with Crippen molar-refractivity contribution in [3.63, 3.8) is 0 Å². The monoisotopic (exact) mass is 143 g/mol. The fraction of sp³-hybridized carbons (Fsp3) is 0.857. The number of carbonyl (C=O) groups excluding carboxylic acids is 1. The molecule has 3 heteroatoms. The van der Waals surface area contributed by atoms with Gasteiger partial charge in [-0.15, -0.1) is 0 Å². The molecule has 0 rings (SSSR count). The van der Waals surface area contributed by atoms with Crippen LogP contribution in [0.2, 0.25) is 0 Å². The third-order valence-corrected chi connectivity index (χ3v) is 1.25. The highest BCUT2D eigenvalue weighted by Gasteiger charge is 2.01. The van der Waals surface area contributed by atoms with E-state index in [-0.39, 0.29) is 6.04 Å². The van der Waals surface area contributed by atoms with Crippen LogP contribution in [0.4, 0.5) is 0 Å². The van der Waals surface area contributed by atoms with Crippen LogP contribution >= 0.6 is 0 Å². The first kappa shape index (κ1) is 9.43. The van der Waals surface area contributed by atoms with E-state index in [9.17, 15) is 4.79 Å². The first-order valence-electron chi connectivity index (χ1n) is 3.54. The molecule has 0 heterocycles. The molecular weight excluding hydrogens is 130 g/mol. The highest BCUT2D eigenvalue weighted by Crippen LogP contribution is 1.99. The molecule has 0 fully saturated rings. The molecule has 0 saturated carbocycles. The van der Waals surface area contributed by atoms with E-state index in [1.54, 1.807) is 0 Å². The lowest BCUT2D eigenvalue weighted by Gasteiger charge is -2.05. The van der Waals surface area contributed by atoms with Gasteiger partial charge in [-0.25, -0.2) is 4.79 Å². The quantitative estimate of drug-likeness (QED) is 0.523. The third kappa shape index (κ3) is 5.56. The minimum absolute atomic E-state index is 0.112. The summed E-state index contributed by atoms with van der Waals surface area (Å²) in [5.74, 6) is 0. The maximum atomic E-state index is 9.54. The fourth-order valence-electron chi connectivity index (χ4n) is 0.664. The van der Waals surface area contributed by atoms with Gasteiger partial charge in [0.15, 0.2) is 0 Å². The molecule has 0 saturated heterocycles. The summed E-state index contributed by atoms with van der Waals surface area (Å²) in [6.45, 7) is 5.28. The van der Waals surface area contributed by atoms with Crippen molar-refractivity contribution in [3.05, 3.63) is 0 Å². The molecule has 0 aliphatic heterocycles. The lowest BCUT2D eigenvalue weighted by atomic mass is 10.2. The Balaban J connectivity index is 3.07. The molecule has 0 aromatic carbocycles. The summed E-state index contributed by atoms with van der Waals surface area (Å²) in [6, 6.07) is 0.112. The average molecular weight is 143 g/mol. The lowest BCUT2D eigenvalue weighted by Crippen LogP contribution is -2.17. The molecule has 10 heavy (non-hydrogen) atoms. The SMILES string of the molecule is CCCCC(C)[N]O[C]=O. The van der Waals surface area contributed by atoms with Crippen LogP contribution in [0.15, 0.2) is 0 Å². The number of unbranched alkanes of at least 4 members (excludes halogenated alkanes) is 1. The van der Waals surface area contributed by atoms with Gasteiger partial charge in [0.2, 0.25) is 0 Å². The van der Waals surface area contributed by atoms with Gasteiger partial charge in [0.25, 0.3) is 0 Å². The second-order valence-corrected chi connectivity index (χ2v) is 2.27. The Labute approximate surface area is 61.7 Å². The highest BCUT2D eigenvalue weighted by molar-refractivity contribution is 5.37. The number of hydroxylamine groups is 1. The molecule has 1 unspecified atom stereocenters. The van der Waals surface area contributed by atoms with E-state index < -0.39 is 0 Å². The van der Waals surface area contributed by atoms with E-state index in [2.05, 4.69) is 17.2 Å². The summed E-state index contributed by atoms with van der Waals surface area (Å²) in [7, 11) is 0. The van der Waals surface area contributed by atoms with Crippen molar-refractivity contribution in [2.24, 2.45) is 0 Å². The van der Waals surface area contributed by atoms with Gasteiger partial charge in [0, 0.05) is 0 Å². The maximum absolute atomic E-state index is 9.54. The van der Waals surface area contributed by atoms with Crippen LogP contribution in [0, 0.1) is 0 Å². The van der Waals surface area contributed by atoms with Crippen molar-refractivity contribution in [1.82, 2.24) is 5.48 Å². The molecule has 0 N–H and O–H groups in total. The molecule has 2 radical (unpaired) electrons. The van der Waals surface area contributed by atoms with Gasteiger partial charge in [0.05, 0.1) is 6.04 Å². The Morgan fingerprint density at radius 2 is 2.40 bits per heavy atom. The van der Waals surface area contributed by atoms with Crippen molar-refractivity contribution in [3.8, 4) is 0 Å². The largest absolute Gasteiger partial charge is 0.439 e. The minimum Gasteiger partial charge on any atom is -0.340 e. The zero-order chi connectivity index (χ0) is 7.82. The number of hydrogen-bond acceptors (Lipinski definition) is 2. The summed E-state index contributed by atoms with van der Waals surface area (Å²) < 4.78 is 0. The summed E-state index contributed by atoms with van der Waals surface area (Å²) in [5.41, 5.74) is 3.56. The van der Waals surface area contributed by atoms with E-state index in [0.717, 1.165) is 19.3 Å². The van der Waals surface area contributed by atoms with Crippen LogP contribution in [0.25, 0.3) is 0 Å². The standard InChI is InChI=1S/C7H13NO2/c1-3-4-5-7(2)8-10-6-9/h7H,3-5H2,1-2H3. The normalized spacial score (nSPS) is 12.6. The lowest BCUT2D eigenvalue weighted by molar-refractivity contribution is 0.123. The van der Waals surface area contributed by atoms with Gasteiger partial charge in [0.1, 0.15) is 0 Å². The fourth-order valence-corrected chi connectivity index (χ4v) is 0.664. The van der Waals surface area contributed by atoms with Crippen molar-refractivity contribution in [1.29, 1.82) is 0 Å². The Bertz CT molecular complexity index is 85.7. The smallest absolute Gasteiger partial charge is 0.340 e. The highest BCUT2D eigenvalue weighted by atomic mass is 16.7. The third-order valence-electron chi connectivity index (χ3n) is 1.25. The van der Waals surface area contributed by atoms with Gasteiger partial charge >= 0.3 is 6.47 Å². The summed E-state index contributed by atoms with van der Waals surface area (Å²) in [6.07, 6.45) is 3.23. The van der Waals surface area contributed by atoms with Crippen molar-refractivity contribution in [2.75, 3.05) is 0 Å². The first-order valence-corrected chi connectivity index (χ1v) is 3.54. The second kappa shape index (κ2) is 6.55. The second-order valence-electron chi connectivity index (χ2n) is 2.27. The molecule has 0 aliphatic rings. The topological polar surface area (TPSA) is 40.4 Å². The van der Waals surface area contributed by atoms with E-state index in [1.165, 1.54) is 6.47 Å². The van der Waals surface area contributed by atoms with Crippen LogP contribution in [0.3, 0.4) is 0 Å². The molecule has 0 aliphatic carbocycles. The molecule has 0 spiro atoms. The van der Waals surface area contributed by atoms with E-state index in [1.807, 2.05) is 6.92 Å². The van der Waals surface area contributed by atoms with Crippen molar-refractivity contribution >= 4 is 6.47 Å². The maximum Gasteiger partial charge on any atom is 0.439 e. The van der Waals surface area contributed by atoms with E-state index in [4.69, 9.17) is 0 Å². The molecule has 58 valence electrons. The average Bonchev–Trinajstić information content (AvgIpc) is 1.97. The van der Waals surface area contributed by atoms with Crippen molar-refractivity contribution in [2.45, 2.75) is 39.2 Å². The number of nitrogens with zero attached hydrogens (tertiary/aromatic N) is 1. The number of hydrogen-bond donors (Lipinski definition) is 0. The van der Waals surface area contributed by atoms with Gasteiger partial charge in [-0.2, -0.15) is 0 Å². The molecule has 3 nitrogen and oxygen atoms in total. The molecule has 0 aromatic rings. The molecular formula is C7H13NO2. The molecule has 1 atom stereocenters. The predicted molar refractivity (Wildman–Crippen MR) is 37.9 cm³/mol. The Morgan fingerprint density at radius 3 is 2.90 bits per heavy atom. The van der Waals surface area contributed by atoms with Crippen molar-refractivity contribution < 1.29 is 9.63 Å². The predicted octanol–water partition coefficient (Wildman–Crippen LogP) is 1.17. The Hall–Kier alpha value is -0.570. The summed E-state index contributed by atoms with van der Waals surface area (Å²) >= 11 is 0. The van der Waals surface area contributed by atoms with Crippen LogP contribution in [-0.4, -0.2) is 12.5 Å². The van der Waals surface area contributed by atoms with E-state index >= 15 is 0 Å². The van der Waals surface area contributed by atoms with Gasteiger partial charge in [-0.05, 0) is 18.8 Å². The van der Waals surface area contributed by atoms with Gasteiger partial charge in [-0.1, -0.05) is 19.8 Å². The summed E-state index contributed by atoms with van der Waals surface area (Å²) in [5, 5.41) is 0. The number of rotatable bonds is 6. The molecule has 0 amide bonds. The van der Waals surface area contributed by atoms with Gasteiger partial charge < -0.3 is 4.84 Å². The molecule has 0 bridgehead atoms. The zero-order valence-corrected chi connectivity index (χ0v) is 6.46. The van der Waals surface area contributed by atoms with Crippen LogP contribution < -0.4 is 5.48 Å². The molecule has 0 aromatic heterocycles. The minimum atomic E-state index is 0.112. The van der Waals surface area contributed by atoms with E-state index in [0.29, 0.717) is 0 Å². The van der Waals surface area contributed by atoms with Crippen LogP contribution in [0.1, 0.15) is 33.1 Å². The Morgan fingerprint density at radius 1 is 1.70 bits per heavy atom. The first-order chi connectivity index (χ1) is 4.81. The zero-order valence-electron chi connectivity index (χ0n) is 6.46. The van der Waals surface area contributed by atoms with Gasteiger partial charge in [-0.3, -0.25) is 0 Å². The van der Waals surface area contributed by atoms with Crippen LogP contribution in [-0.2, 0) is 9.63 Å². The summed E-state index contributed by atoms with van der Waals surface area (Å²) in [4.78, 5) is 13.7. The Kier molecular flexibility index (Phi) is 6.18.